The lowest BCUT2D eigenvalue weighted by Gasteiger charge is -2.35. The van der Waals surface area contributed by atoms with Crippen molar-refractivity contribution in [3.63, 3.8) is 0 Å². The molecular weight excluding hydrogens is 246 g/mol. The van der Waals surface area contributed by atoms with E-state index in [0.29, 0.717) is 18.2 Å². The van der Waals surface area contributed by atoms with E-state index in [4.69, 9.17) is 9.47 Å². The predicted molar refractivity (Wildman–Crippen MR) is 70.2 cm³/mol. The number of piperidine rings is 1. The Morgan fingerprint density at radius 3 is 3.05 bits per heavy atom. The van der Waals surface area contributed by atoms with E-state index in [1.165, 1.54) is 7.11 Å². The Morgan fingerprint density at radius 1 is 1.47 bits per heavy atom. The lowest BCUT2D eigenvalue weighted by atomic mass is 10.00. The van der Waals surface area contributed by atoms with Gasteiger partial charge in [0.05, 0.1) is 20.6 Å². The molecule has 1 aliphatic heterocycles. The molecule has 1 atom stereocenters. The zero-order chi connectivity index (χ0) is 13.7. The Kier molecular flexibility index (Phi) is 4.54. The average molecular weight is 265 g/mol. The summed E-state index contributed by atoms with van der Waals surface area (Å²) in [4.78, 5) is 22.2. The van der Waals surface area contributed by atoms with Crippen LogP contribution < -0.4 is 9.64 Å². The standard InChI is InChI=1S/C13H19N3O3/c1-18-11-6-7-14-13(15-11)16-8-4-3-5-10(16)9-12(17)19-2/h6-7,10H,3-5,8-9H2,1-2H3. The lowest BCUT2D eigenvalue weighted by Crippen LogP contribution is -2.42. The van der Waals surface area contributed by atoms with Crippen molar-refractivity contribution in [2.45, 2.75) is 31.7 Å². The molecule has 2 heterocycles. The van der Waals surface area contributed by atoms with Crippen LogP contribution in [0.3, 0.4) is 0 Å². The summed E-state index contributed by atoms with van der Waals surface area (Å²) in [7, 11) is 2.99. The molecule has 0 aromatic carbocycles. The number of aromatic nitrogens is 2. The maximum atomic E-state index is 11.5. The fourth-order valence-electron chi connectivity index (χ4n) is 2.34. The van der Waals surface area contributed by atoms with Gasteiger partial charge >= 0.3 is 5.97 Å². The molecule has 1 saturated heterocycles. The fraction of sp³-hybridized carbons (Fsp3) is 0.615. The minimum Gasteiger partial charge on any atom is -0.481 e. The largest absolute Gasteiger partial charge is 0.481 e. The number of methoxy groups -OCH3 is 2. The van der Waals surface area contributed by atoms with Crippen LogP contribution in [0, 0.1) is 0 Å². The summed E-state index contributed by atoms with van der Waals surface area (Å²) >= 11 is 0. The van der Waals surface area contributed by atoms with E-state index in [1.54, 1.807) is 19.4 Å². The molecule has 0 aliphatic carbocycles. The number of rotatable bonds is 4. The second-order valence-electron chi connectivity index (χ2n) is 4.52. The molecule has 6 heteroatoms. The maximum absolute atomic E-state index is 11.5. The second kappa shape index (κ2) is 6.36. The summed E-state index contributed by atoms with van der Waals surface area (Å²) in [5, 5.41) is 0. The average Bonchev–Trinajstić information content (AvgIpc) is 2.47. The van der Waals surface area contributed by atoms with Crippen LogP contribution in [-0.2, 0) is 9.53 Å². The van der Waals surface area contributed by atoms with Gasteiger partial charge in [-0.1, -0.05) is 0 Å². The van der Waals surface area contributed by atoms with Crippen LogP contribution in [-0.4, -0.2) is 42.7 Å². The van der Waals surface area contributed by atoms with Gasteiger partial charge in [-0.3, -0.25) is 4.79 Å². The van der Waals surface area contributed by atoms with Gasteiger partial charge in [0.25, 0.3) is 0 Å². The molecule has 19 heavy (non-hydrogen) atoms. The number of carbonyl (C=O) groups excluding carboxylic acids is 1. The molecule has 1 aromatic rings. The summed E-state index contributed by atoms with van der Waals surface area (Å²) < 4.78 is 9.86. The van der Waals surface area contributed by atoms with E-state index in [-0.39, 0.29) is 12.0 Å². The third-order valence-electron chi connectivity index (χ3n) is 3.34. The van der Waals surface area contributed by atoms with Crippen molar-refractivity contribution in [3.8, 4) is 5.88 Å². The van der Waals surface area contributed by atoms with Crippen LogP contribution in [0.15, 0.2) is 12.3 Å². The smallest absolute Gasteiger partial charge is 0.307 e. The summed E-state index contributed by atoms with van der Waals surface area (Å²) in [6, 6.07) is 1.82. The van der Waals surface area contributed by atoms with Gasteiger partial charge in [0.15, 0.2) is 0 Å². The molecule has 0 spiro atoms. The van der Waals surface area contributed by atoms with Gasteiger partial charge in [0.1, 0.15) is 0 Å². The van der Waals surface area contributed by atoms with Crippen LogP contribution >= 0.6 is 0 Å². The first kappa shape index (κ1) is 13.6. The summed E-state index contributed by atoms with van der Waals surface area (Å²) in [6.45, 7) is 0.856. The van der Waals surface area contributed by atoms with Crippen LogP contribution in [0.4, 0.5) is 5.95 Å². The van der Waals surface area contributed by atoms with E-state index in [9.17, 15) is 4.79 Å². The van der Waals surface area contributed by atoms with Gasteiger partial charge < -0.3 is 14.4 Å². The van der Waals surface area contributed by atoms with Crippen molar-refractivity contribution < 1.29 is 14.3 Å². The van der Waals surface area contributed by atoms with Crippen LogP contribution in [0.1, 0.15) is 25.7 Å². The molecule has 1 aliphatic rings. The highest BCUT2D eigenvalue weighted by molar-refractivity contribution is 5.70. The van der Waals surface area contributed by atoms with Gasteiger partial charge in [-0.25, -0.2) is 4.98 Å². The molecule has 0 saturated carbocycles. The first-order chi connectivity index (χ1) is 9.24. The molecule has 104 valence electrons. The van der Waals surface area contributed by atoms with E-state index in [2.05, 4.69) is 14.9 Å². The highest BCUT2D eigenvalue weighted by atomic mass is 16.5. The Morgan fingerprint density at radius 2 is 2.32 bits per heavy atom. The second-order valence-corrected chi connectivity index (χ2v) is 4.52. The molecule has 1 aromatic heterocycles. The molecule has 1 fully saturated rings. The predicted octanol–water partition coefficient (Wildman–Crippen LogP) is 1.41. The zero-order valence-corrected chi connectivity index (χ0v) is 11.3. The van der Waals surface area contributed by atoms with Crippen molar-refractivity contribution >= 4 is 11.9 Å². The van der Waals surface area contributed by atoms with Crippen molar-refractivity contribution in [3.05, 3.63) is 12.3 Å². The molecule has 1 unspecified atom stereocenters. The topological polar surface area (TPSA) is 64.5 Å². The van der Waals surface area contributed by atoms with Crippen LogP contribution in [0.25, 0.3) is 0 Å². The van der Waals surface area contributed by atoms with Crippen LogP contribution in [0.5, 0.6) is 5.88 Å². The number of anilines is 1. The first-order valence-electron chi connectivity index (χ1n) is 6.45. The first-order valence-corrected chi connectivity index (χ1v) is 6.45. The third-order valence-corrected chi connectivity index (χ3v) is 3.34. The minimum atomic E-state index is -0.195. The summed E-state index contributed by atoms with van der Waals surface area (Å²) in [6.07, 6.45) is 5.19. The van der Waals surface area contributed by atoms with Gasteiger partial charge in [0, 0.05) is 24.8 Å². The number of nitrogens with zero attached hydrogens (tertiary/aromatic N) is 3. The zero-order valence-electron chi connectivity index (χ0n) is 11.3. The molecule has 6 nitrogen and oxygen atoms in total. The Labute approximate surface area is 112 Å². The monoisotopic (exact) mass is 265 g/mol. The van der Waals surface area contributed by atoms with E-state index < -0.39 is 0 Å². The molecule has 0 bridgehead atoms. The number of hydrogen-bond donors (Lipinski definition) is 0. The molecular formula is C13H19N3O3. The number of esters is 1. The van der Waals surface area contributed by atoms with Crippen LogP contribution in [0.2, 0.25) is 0 Å². The highest BCUT2D eigenvalue weighted by Gasteiger charge is 2.27. The fourth-order valence-corrected chi connectivity index (χ4v) is 2.34. The third kappa shape index (κ3) is 3.33. The Bertz CT molecular complexity index is 439. The quantitative estimate of drug-likeness (QED) is 0.767. The highest BCUT2D eigenvalue weighted by Crippen LogP contribution is 2.25. The summed E-state index contributed by atoms with van der Waals surface area (Å²) in [5.74, 6) is 0.958. The molecule has 0 radical (unpaired) electrons. The van der Waals surface area contributed by atoms with E-state index in [0.717, 1.165) is 25.8 Å². The number of hydrogen-bond acceptors (Lipinski definition) is 6. The van der Waals surface area contributed by atoms with E-state index in [1.807, 2.05) is 0 Å². The summed E-state index contributed by atoms with van der Waals surface area (Å²) in [5.41, 5.74) is 0. The number of ether oxygens (including phenoxy) is 2. The van der Waals surface area contributed by atoms with Gasteiger partial charge in [-0.05, 0) is 19.3 Å². The van der Waals surface area contributed by atoms with E-state index >= 15 is 0 Å². The Balaban J connectivity index is 2.15. The molecule has 2 rings (SSSR count). The molecule has 0 amide bonds. The Hall–Kier alpha value is -1.85. The van der Waals surface area contributed by atoms with Crippen molar-refractivity contribution in [2.24, 2.45) is 0 Å². The SMILES string of the molecule is COC(=O)CC1CCCCN1c1nccc(OC)n1. The maximum Gasteiger partial charge on any atom is 0.307 e. The molecule has 0 N–H and O–H groups in total. The lowest BCUT2D eigenvalue weighted by molar-refractivity contribution is -0.141. The van der Waals surface area contributed by atoms with Gasteiger partial charge in [-0.15, -0.1) is 0 Å². The normalized spacial score (nSPS) is 19.1. The van der Waals surface area contributed by atoms with Gasteiger partial charge in [-0.2, -0.15) is 4.98 Å². The van der Waals surface area contributed by atoms with Crippen molar-refractivity contribution in [1.82, 2.24) is 9.97 Å². The van der Waals surface area contributed by atoms with Crippen molar-refractivity contribution in [1.29, 1.82) is 0 Å². The number of carbonyl (C=O) groups is 1. The minimum absolute atomic E-state index is 0.105. The van der Waals surface area contributed by atoms with Crippen molar-refractivity contribution in [2.75, 3.05) is 25.7 Å². The van der Waals surface area contributed by atoms with Gasteiger partial charge in [0.2, 0.25) is 11.8 Å².